The number of carbonyl (C=O) groups is 1. The lowest BCUT2D eigenvalue weighted by molar-refractivity contribution is 0.0880. The van der Waals surface area contributed by atoms with Crippen LogP contribution < -0.4 is 0 Å². The molecule has 0 amide bonds. The van der Waals surface area contributed by atoms with Gasteiger partial charge in [0, 0.05) is 5.56 Å². The molecule has 12 heavy (non-hydrogen) atoms. The molecule has 1 aromatic rings. The maximum absolute atomic E-state index is 12.2. The standard InChI is InChI=1S/C8H4F3O/c9-6-3-1-5(2-4-6)7(12)8(10)11/h1-4H. The van der Waals surface area contributed by atoms with E-state index in [-0.39, 0.29) is 5.56 Å². The Kier molecular flexibility index (Phi) is 2.47. The average molecular weight is 173 g/mol. The van der Waals surface area contributed by atoms with Gasteiger partial charge in [0.1, 0.15) is 5.82 Å². The third-order valence-corrected chi connectivity index (χ3v) is 1.28. The van der Waals surface area contributed by atoms with E-state index >= 15 is 0 Å². The van der Waals surface area contributed by atoms with Crippen LogP contribution in [0.25, 0.3) is 0 Å². The van der Waals surface area contributed by atoms with Gasteiger partial charge in [-0.1, -0.05) is 0 Å². The molecule has 0 atom stereocenters. The molecular formula is C8H4F3O. The first-order valence-electron chi connectivity index (χ1n) is 3.09. The number of halogens is 3. The van der Waals surface area contributed by atoms with Gasteiger partial charge in [-0.2, -0.15) is 8.78 Å². The molecule has 1 nitrogen and oxygen atoms in total. The summed E-state index contributed by atoms with van der Waals surface area (Å²) in [6.07, 6.45) is -2.29. The second-order valence-electron chi connectivity index (χ2n) is 2.10. The Morgan fingerprint density at radius 1 is 1.08 bits per heavy atom. The summed E-state index contributed by atoms with van der Waals surface area (Å²) >= 11 is 0. The van der Waals surface area contributed by atoms with Crippen molar-refractivity contribution in [2.24, 2.45) is 0 Å². The molecule has 0 aromatic heterocycles. The molecule has 0 aliphatic rings. The van der Waals surface area contributed by atoms with Gasteiger partial charge < -0.3 is 0 Å². The zero-order valence-corrected chi connectivity index (χ0v) is 5.85. The van der Waals surface area contributed by atoms with E-state index in [9.17, 15) is 18.0 Å². The molecule has 1 aromatic carbocycles. The fraction of sp³-hybridized carbons (Fsp3) is 0. The molecule has 0 saturated carbocycles. The summed E-state index contributed by atoms with van der Waals surface area (Å²) in [4.78, 5) is 10.5. The lowest BCUT2D eigenvalue weighted by Crippen LogP contribution is -2.02. The summed E-state index contributed by atoms with van der Waals surface area (Å²) in [5, 5.41) is 0. The molecule has 0 spiro atoms. The van der Waals surface area contributed by atoms with Crippen molar-refractivity contribution in [2.45, 2.75) is 0 Å². The van der Waals surface area contributed by atoms with Crippen molar-refractivity contribution >= 4 is 5.78 Å². The van der Waals surface area contributed by atoms with Crippen molar-refractivity contribution in [3.05, 3.63) is 42.1 Å². The lowest BCUT2D eigenvalue weighted by atomic mass is 10.1. The van der Waals surface area contributed by atoms with Crippen molar-refractivity contribution in [3.63, 3.8) is 0 Å². The quantitative estimate of drug-likeness (QED) is 0.627. The monoisotopic (exact) mass is 173 g/mol. The molecule has 0 unspecified atom stereocenters. The molecule has 0 saturated heterocycles. The van der Waals surface area contributed by atoms with Gasteiger partial charge in [0.05, 0.1) is 0 Å². The molecule has 0 bridgehead atoms. The van der Waals surface area contributed by atoms with Gasteiger partial charge in [-0.05, 0) is 24.3 Å². The number of benzene rings is 1. The highest BCUT2D eigenvalue weighted by atomic mass is 19.3. The number of hydrogen-bond donors (Lipinski definition) is 0. The smallest absolute Gasteiger partial charge is 0.287 e. The molecule has 0 heterocycles. The summed E-state index contributed by atoms with van der Waals surface area (Å²) < 4.78 is 35.6. The van der Waals surface area contributed by atoms with Crippen LogP contribution in [0.4, 0.5) is 13.2 Å². The van der Waals surface area contributed by atoms with E-state index in [1.54, 1.807) is 0 Å². The Bertz CT molecular complexity index is 279. The molecule has 4 heteroatoms. The first-order valence-corrected chi connectivity index (χ1v) is 3.09. The first kappa shape index (κ1) is 8.77. The minimum absolute atomic E-state index is 0.212. The molecule has 0 aliphatic heterocycles. The van der Waals surface area contributed by atoms with Crippen LogP contribution in [0.2, 0.25) is 0 Å². The SMILES string of the molecule is O=C([C](F)F)c1ccc(F)cc1. The number of rotatable bonds is 2. The van der Waals surface area contributed by atoms with E-state index in [1.807, 2.05) is 0 Å². The van der Waals surface area contributed by atoms with Gasteiger partial charge >= 0.3 is 6.43 Å². The van der Waals surface area contributed by atoms with Crippen molar-refractivity contribution in [3.8, 4) is 0 Å². The van der Waals surface area contributed by atoms with Crippen LogP contribution in [0.3, 0.4) is 0 Å². The summed E-state index contributed by atoms with van der Waals surface area (Å²) in [5.74, 6) is -1.93. The summed E-state index contributed by atoms with van der Waals surface area (Å²) in [6, 6.07) is 3.93. The minimum Gasteiger partial charge on any atom is -0.287 e. The van der Waals surface area contributed by atoms with Crippen LogP contribution in [0, 0.1) is 12.2 Å². The maximum Gasteiger partial charge on any atom is 0.379 e. The van der Waals surface area contributed by atoms with E-state index in [0.717, 1.165) is 24.3 Å². The maximum atomic E-state index is 12.2. The highest BCUT2D eigenvalue weighted by Crippen LogP contribution is 2.13. The van der Waals surface area contributed by atoms with Crippen LogP contribution in [0.1, 0.15) is 10.4 Å². The number of Topliss-reactive ketones (excluding diaryl/α,β-unsaturated/α-hetero) is 1. The fourth-order valence-electron chi connectivity index (χ4n) is 0.710. The van der Waals surface area contributed by atoms with E-state index in [0.29, 0.717) is 0 Å². The Morgan fingerprint density at radius 3 is 2.00 bits per heavy atom. The van der Waals surface area contributed by atoms with Gasteiger partial charge in [0.2, 0.25) is 5.78 Å². The van der Waals surface area contributed by atoms with Crippen LogP contribution in [-0.4, -0.2) is 5.78 Å². The van der Waals surface area contributed by atoms with Crippen LogP contribution in [0.15, 0.2) is 24.3 Å². The molecule has 1 radical (unpaired) electrons. The predicted molar refractivity (Wildman–Crippen MR) is 36.2 cm³/mol. The molecule has 0 N–H and O–H groups in total. The second-order valence-corrected chi connectivity index (χ2v) is 2.10. The zero-order valence-electron chi connectivity index (χ0n) is 5.85. The second kappa shape index (κ2) is 3.38. The van der Waals surface area contributed by atoms with Crippen molar-refractivity contribution in [1.29, 1.82) is 0 Å². The molecule has 0 aliphatic carbocycles. The summed E-state index contributed by atoms with van der Waals surface area (Å²) in [7, 11) is 0. The first-order chi connectivity index (χ1) is 5.61. The minimum atomic E-state index is -2.29. The van der Waals surface area contributed by atoms with Crippen molar-refractivity contribution in [2.75, 3.05) is 0 Å². The highest BCUT2D eigenvalue weighted by molar-refractivity contribution is 6.03. The van der Waals surface area contributed by atoms with Gasteiger partial charge in [0.25, 0.3) is 0 Å². The molecule has 0 fully saturated rings. The number of carbonyl (C=O) groups excluding carboxylic acids is 1. The largest absolute Gasteiger partial charge is 0.379 e. The van der Waals surface area contributed by atoms with Crippen LogP contribution >= 0.6 is 0 Å². The Labute approximate surface area is 66.8 Å². The average Bonchev–Trinajstić information content (AvgIpc) is 2.04. The van der Waals surface area contributed by atoms with E-state index in [4.69, 9.17) is 0 Å². The van der Waals surface area contributed by atoms with Gasteiger partial charge in [-0.15, -0.1) is 0 Å². The van der Waals surface area contributed by atoms with Crippen LogP contribution in [0.5, 0.6) is 0 Å². The van der Waals surface area contributed by atoms with Gasteiger partial charge in [-0.25, -0.2) is 4.39 Å². The topological polar surface area (TPSA) is 17.1 Å². The Hall–Kier alpha value is -1.32. The summed E-state index contributed by atoms with van der Waals surface area (Å²) in [6.45, 7) is 0. The summed E-state index contributed by atoms with van der Waals surface area (Å²) in [5.41, 5.74) is -0.212. The fourth-order valence-corrected chi connectivity index (χ4v) is 0.710. The Morgan fingerprint density at radius 2 is 1.58 bits per heavy atom. The molecule has 1 rings (SSSR count). The van der Waals surface area contributed by atoms with E-state index < -0.39 is 18.0 Å². The Balaban J connectivity index is 2.90. The molecular weight excluding hydrogens is 169 g/mol. The van der Waals surface area contributed by atoms with Gasteiger partial charge in [0.15, 0.2) is 0 Å². The van der Waals surface area contributed by atoms with Crippen molar-refractivity contribution in [1.82, 2.24) is 0 Å². The zero-order chi connectivity index (χ0) is 9.14. The van der Waals surface area contributed by atoms with Crippen molar-refractivity contribution < 1.29 is 18.0 Å². The van der Waals surface area contributed by atoms with Crippen LogP contribution in [-0.2, 0) is 0 Å². The molecule has 63 valence electrons. The predicted octanol–water partition coefficient (Wildman–Crippen LogP) is 2.44. The number of hydrogen-bond acceptors (Lipinski definition) is 1. The third kappa shape index (κ3) is 1.84. The lowest BCUT2D eigenvalue weighted by Gasteiger charge is -1.96. The van der Waals surface area contributed by atoms with Gasteiger partial charge in [-0.3, -0.25) is 4.79 Å². The highest BCUT2D eigenvalue weighted by Gasteiger charge is 2.19. The normalized spacial score (nSPS) is 10.3. The number of ketones is 1. The third-order valence-electron chi connectivity index (χ3n) is 1.28. The van der Waals surface area contributed by atoms with E-state index in [2.05, 4.69) is 0 Å². The van der Waals surface area contributed by atoms with E-state index in [1.165, 1.54) is 0 Å².